The van der Waals surface area contributed by atoms with Crippen LogP contribution in [0.25, 0.3) is 0 Å². The van der Waals surface area contributed by atoms with Gasteiger partial charge in [-0.15, -0.1) is 0 Å². The van der Waals surface area contributed by atoms with Gasteiger partial charge in [-0.3, -0.25) is 0 Å². The maximum Gasteiger partial charge on any atom is 0.212 e. The molecule has 1 aliphatic carbocycles. The second-order valence-electron chi connectivity index (χ2n) is 5.76. The lowest BCUT2D eigenvalue weighted by molar-refractivity contribution is 0.229. The van der Waals surface area contributed by atoms with E-state index in [2.05, 4.69) is 4.72 Å². The molecule has 0 radical (unpaired) electrons. The summed E-state index contributed by atoms with van der Waals surface area (Å²) in [6.07, 6.45) is 2.80. The molecule has 0 bridgehead atoms. The van der Waals surface area contributed by atoms with Crippen LogP contribution < -0.4 is 10.5 Å². The molecular formula is C10H22N2O2S. The second-order valence-corrected chi connectivity index (χ2v) is 7.48. The topological polar surface area (TPSA) is 72.2 Å². The minimum Gasteiger partial charge on any atom is -0.329 e. The van der Waals surface area contributed by atoms with Crippen LogP contribution in [0.5, 0.6) is 0 Å². The number of rotatable bonds is 4. The monoisotopic (exact) mass is 234 g/mol. The van der Waals surface area contributed by atoms with E-state index in [1.54, 1.807) is 0 Å². The summed E-state index contributed by atoms with van der Waals surface area (Å²) in [6.45, 7) is 6.16. The second kappa shape index (κ2) is 4.03. The molecule has 1 rings (SSSR count). The molecule has 0 heterocycles. The first-order chi connectivity index (χ1) is 6.68. The Hall–Kier alpha value is -0.130. The lowest BCUT2D eigenvalue weighted by Gasteiger charge is -2.41. The fourth-order valence-corrected chi connectivity index (χ4v) is 4.05. The van der Waals surface area contributed by atoms with Crippen LogP contribution in [-0.2, 0) is 10.0 Å². The van der Waals surface area contributed by atoms with Crippen LogP contribution >= 0.6 is 0 Å². The highest BCUT2D eigenvalue weighted by Crippen LogP contribution is 2.32. The largest absolute Gasteiger partial charge is 0.329 e. The van der Waals surface area contributed by atoms with E-state index < -0.39 is 10.0 Å². The van der Waals surface area contributed by atoms with Crippen molar-refractivity contribution >= 4 is 10.0 Å². The average molecular weight is 234 g/mol. The number of nitrogens with two attached hydrogens (primary N) is 1. The maximum atomic E-state index is 11.8. The molecule has 0 spiro atoms. The van der Waals surface area contributed by atoms with Crippen LogP contribution in [0.1, 0.15) is 40.0 Å². The molecule has 0 saturated heterocycles. The van der Waals surface area contributed by atoms with Crippen molar-refractivity contribution in [1.82, 2.24) is 4.72 Å². The maximum absolute atomic E-state index is 11.8. The van der Waals surface area contributed by atoms with Gasteiger partial charge in [0, 0.05) is 12.1 Å². The van der Waals surface area contributed by atoms with Gasteiger partial charge in [0.15, 0.2) is 0 Å². The van der Waals surface area contributed by atoms with Crippen molar-refractivity contribution < 1.29 is 8.42 Å². The minimum atomic E-state index is -3.20. The lowest BCUT2D eigenvalue weighted by Crippen LogP contribution is -2.59. The Labute approximate surface area is 92.7 Å². The Morgan fingerprint density at radius 2 is 1.87 bits per heavy atom. The summed E-state index contributed by atoms with van der Waals surface area (Å²) in [6, 6.07) is 0. The van der Waals surface area contributed by atoms with Gasteiger partial charge in [0.2, 0.25) is 10.0 Å². The van der Waals surface area contributed by atoms with E-state index in [1.807, 2.05) is 20.8 Å². The minimum absolute atomic E-state index is 0.155. The third kappa shape index (κ3) is 3.74. The fourth-order valence-electron chi connectivity index (χ4n) is 1.89. The van der Waals surface area contributed by atoms with E-state index in [0.717, 1.165) is 19.3 Å². The quantitative estimate of drug-likeness (QED) is 0.757. The summed E-state index contributed by atoms with van der Waals surface area (Å²) in [5.74, 6) is 0.155. The molecule has 5 heteroatoms. The van der Waals surface area contributed by atoms with Crippen LogP contribution in [0.4, 0.5) is 0 Å². The summed E-state index contributed by atoms with van der Waals surface area (Å²) in [7, 11) is -3.20. The zero-order chi connectivity index (χ0) is 11.7. The van der Waals surface area contributed by atoms with Crippen molar-refractivity contribution in [3.8, 4) is 0 Å². The van der Waals surface area contributed by atoms with E-state index in [1.165, 1.54) is 0 Å². The fraction of sp³-hybridized carbons (Fsp3) is 1.00. The van der Waals surface area contributed by atoms with Gasteiger partial charge in [-0.1, -0.05) is 20.8 Å². The number of sulfonamides is 1. The number of nitrogens with one attached hydrogen (secondary N) is 1. The highest BCUT2D eigenvalue weighted by molar-refractivity contribution is 7.89. The van der Waals surface area contributed by atoms with Gasteiger partial charge < -0.3 is 5.73 Å². The van der Waals surface area contributed by atoms with Gasteiger partial charge in [-0.2, -0.15) is 0 Å². The molecule has 0 aromatic heterocycles. The van der Waals surface area contributed by atoms with Crippen molar-refractivity contribution in [2.24, 2.45) is 11.1 Å². The zero-order valence-electron chi connectivity index (χ0n) is 9.84. The van der Waals surface area contributed by atoms with E-state index in [0.29, 0.717) is 6.54 Å². The van der Waals surface area contributed by atoms with Crippen molar-refractivity contribution in [2.45, 2.75) is 45.6 Å². The smallest absolute Gasteiger partial charge is 0.212 e. The van der Waals surface area contributed by atoms with Gasteiger partial charge in [0.25, 0.3) is 0 Å². The Morgan fingerprint density at radius 1 is 1.33 bits per heavy atom. The molecule has 0 unspecified atom stereocenters. The zero-order valence-corrected chi connectivity index (χ0v) is 10.7. The summed E-state index contributed by atoms with van der Waals surface area (Å²) >= 11 is 0. The van der Waals surface area contributed by atoms with Gasteiger partial charge in [0.05, 0.1) is 5.75 Å². The average Bonchev–Trinajstić information content (AvgIpc) is 1.92. The summed E-state index contributed by atoms with van der Waals surface area (Å²) in [4.78, 5) is 0. The molecule has 0 atom stereocenters. The number of hydrogen-bond acceptors (Lipinski definition) is 3. The molecule has 0 amide bonds. The summed E-state index contributed by atoms with van der Waals surface area (Å²) in [5, 5.41) is 0. The summed E-state index contributed by atoms with van der Waals surface area (Å²) < 4.78 is 26.5. The Morgan fingerprint density at radius 3 is 2.13 bits per heavy atom. The van der Waals surface area contributed by atoms with Gasteiger partial charge in [0.1, 0.15) is 0 Å². The molecule has 3 N–H and O–H groups in total. The molecule has 15 heavy (non-hydrogen) atoms. The standard InChI is InChI=1S/C10H22N2O2S/c1-9(2,3)8-15(13,14)12-10(7-11)5-4-6-10/h12H,4-8,11H2,1-3H3. The van der Waals surface area contributed by atoms with Crippen LogP contribution in [0.2, 0.25) is 0 Å². The number of hydrogen-bond donors (Lipinski definition) is 2. The van der Waals surface area contributed by atoms with E-state index >= 15 is 0 Å². The van der Waals surface area contributed by atoms with E-state index in [-0.39, 0.29) is 16.7 Å². The Kier molecular flexibility index (Phi) is 3.48. The summed E-state index contributed by atoms with van der Waals surface area (Å²) in [5.41, 5.74) is 5.05. The van der Waals surface area contributed by atoms with Gasteiger partial charge >= 0.3 is 0 Å². The van der Waals surface area contributed by atoms with Crippen molar-refractivity contribution in [2.75, 3.05) is 12.3 Å². The third-order valence-corrected chi connectivity index (χ3v) is 4.69. The molecule has 90 valence electrons. The predicted molar refractivity (Wildman–Crippen MR) is 62.0 cm³/mol. The first-order valence-corrected chi connectivity index (χ1v) is 7.05. The first kappa shape index (κ1) is 12.9. The van der Waals surface area contributed by atoms with E-state index in [9.17, 15) is 8.42 Å². The third-order valence-electron chi connectivity index (χ3n) is 2.70. The molecule has 4 nitrogen and oxygen atoms in total. The lowest BCUT2D eigenvalue weighted by atomic mass is 9.78. The van der Waals surface area contributed by atoms with Crippen molar-refractivity contribution in [3.05, 3.63) is 0 Å². The molecule has 1 aliphatic rings. The van der Waals surface area contributed by atoms with Crippen LogP contribution in [0, 0.1) is 5.41 Å². The van der Waals surface area contributed by atoms with Crippen LogP contribution in [0.3, 0.4) is 0 Å². The van der Waals surface area contributed by atoms with Crippen LogP contribution in [-0.4, -0.2) is 26.3 Å². The van der Waals surface area contributed by atoms with Crippen molar-refractivity contribution in [3.63, 3.8) is 0 Å². The predicted octanol–water partition coefficient (Wildman–Crippen LogP) is 0.833. The molecule has 1 fully saturated rings. The molecule has 1 saturated carbocycles. The first-order valence-electron chi connectivity index (χ1n) is 5.40. The van der Waals surface area contributed by atoms with Crippen LogP contribution in [0.15, 0.2) is 0 Å². The van der Waals surface area contributed by atoms with Crippen molar-refractivity contribution in [1.29, 1.82) is 0 Å². The highest BCUT2D eigenvalue weighted by Gasteiger charge is 2.39. The highest BCUT2D eigenvalue weighted by atomic mass is 32.2. The SMILES string of the molecule is CC(C)(C)CS(=O)(=O)NC1(CN)CCC1. The van der Waals surface area contributed by atoms with E-state index in [4.69, 9.17) is 5.73 Å². The molecule has 0 aromatic carbocycles. The normalized spacial score (nSPS) is 21.1. The Bertz CT molecular complexity index is 307. The molecule has 0 aliphatic heterocycles. The van der Waals surface area contributed by atoms with Gasteiger partial charge in [-0.25, -0.2) is 13.1 Å². The Balaban J connectivity index is 2.64. The molecular weight excluding hydrogens is 212 g/mol. The molecule has 0 aromatic rings. The van der Waals surface area contributed by atoms with Gasteiger partial charge in [-0.05, 0) is 24.7 Å².